The summed E-state index contributed by atoms with van der Waals surface area (Å²) in [5.41, 5.74) is 3.72. The van der Waals surface area contributed by atoms with Crippen molar-refractivity contribution in [1.29, 1.82) is 0 Å². The van der Waals surface area contributed by atoms with Gasteiger partial charge < -0.3 is 0 Å². The summed E-state index contributed by atoms with van der Waals surface area (Å²) in [6, 6.07) is 7.81. The van der Waals surface area contributed by atoms with Crippen molar-refractivity contribution in [2.24, 2.45) is 12.9 Å². The number of nitrogens with two attached hydrogens (primary N) is 1. The lowest BCUT2D eigenvalue weighted by Gasteiger charge is -2.03. The van der Waals surface area contributed by atoms with E-state index in [0.717, 1.165) is 23.7 Å². The maximum absolute atomic E-state index is 5.83. The summed E-state index contributed by atoms with van der Waals surface area (Å²) in [6.07, 6.45) is 1.71. The lowest BCUT2D eigenvalue weighted by Crippen LogP contribution is -2.12. The van der Waals surface area contributed by atoms with Crippen LogP contribution in [0.15, 0.2) is 24.3 Å². The highest BCUT2D eigenvalue weighted by Crippen LogP contribution is 2.12. The molecule has 1 aromatic heterocycles. The van der Waals surface area contributed by atoms with E-state index < -0.39 is 0 Å². The minimum atomic E-state index is 0.566. The van der Waals surface area contributed by atoms with Gasteiger partial charge >= 0.3 is 0 Å². The molecule has 2 aromatic rings. The van der Waals surface area contributed by atoms with Gasteiger partial charge in [0.05, 0.1) is 0 Å². The minimum absolute atomic E-state index is 0.566. The molecule has 0 atom stereocenters. The predicted molar refractivity (Wildman–Crippen MR) is 67.7 cm³/mol. The molecule has 0 spiro atoms. The molecule has 3 N–H and O–H groups in total. The Morgan fingerprint density at radius 1 is 1.24 bits per heavy atom. The molecule has 0 aliphatic rings. The molecule has 2 rings (SSSR count). The number of benzene rings is 1. The third-order valence-corrected chi connectivity index (χ3v) is 2.90. The van der Waals surface area contributed by atoms with Gasteiger partial charge in [-0.1, -0.05) is 23.7 Å². The Morgan fingerprint density at radius 2 is 1.94 bits per heavy atom. The third-order valence-electron chi connectivity index (χ3n) is 2.64. The molecule has 0 radical (unpaired) electrons. The molecule has 0 fully saturated rings. The van der Waals surface area contributed by atoms with E-state index in [-0.39, 0.29) is 0 Å². The predicted octanol–water partition coefficient (Wildman–Crippen LogP) is 1.54. The van der Waals surface area contributed by atoms with Crippen LogP contribution in [-0.2, 0) is 19.9 Å². The van der Waals surface area contributed by atoms with Crippen LogP contribution in [0.1, 0.15) is 11.4 Å². The molecule has 0 saturated heterocycles. The molecule has 6 heteroatoms. The van der Waals surface area contributed by atoms with Crippen LogP contribution in [0.25, 0.3) is 0 Å². The van der Waals surface area contributed by atoms with E-state index in [1.165, 1.54) is 5.56 Å². The second-order valence-electron chi connectivity index (χ2n) is 3.77. The fourth-order valence-corrected chi connectivity index (χ4v) is 1.74. The summed E-state index contributed by atoms with van der Waals surface area (Å²) in [4.78, 5) is 0. The summed E-state index contributed by atoms with van der Waals surface area (Å²) in [5, 5.41) is 8.73. The molecule has 0 unspecified atom stereocenters. The van der Waals surface area contributed by atoms with Crippen LogP contribution in [-0.4, -0.2) is 14.8 Å². The zero-order valence-electron chi connectivity index (χ0n) is 9.52. The second-order valence-corrected chi connectivity index (χ2v) is 4.21. The van der Waals surface area contributed by atoms with E-state index in [4.69, 9.17) is 17.4 Å². The Bertz CT molecular complexity index is 491. The van der Waals surface area contributed by atoms with Gasteiger partial charge in [-0.2, -0.15) is 0 Å². The molecule has 5 nitrogen and oxygen atoms in total. The van der Waals surface area contributed by atoms with E-state index in [0.29, 0.717) is 5.95 Å². The van der Waals surface area contributed by atoms with Gasteiger partial charge in [0.2, 0.25) is 5.95 Å². The van der Waals surface area contributed by atoms with Gasteiger partial charge in [-0.3, -0.25) is 9.99 Å². The zero-order chi connectivity index (χ0) is 12.3. The molecule has 0 amide bonds. The number of nitrogens with one attached hydrogen (secondary N) is 1. The third kappa shape index (κ3) is 2.75. The second kappa shape index (κ2) is 5.16. The van der Waals surface area contributed by atoms with Gasteiger partial charge in [-0.15, -0.1) is 10.2 Å². The van der Waals surface area contributed by atoms with Crippen LogP contribution >= 0.6 is 11.6 Å². The lowest BCUT2D eigenvalue weighted by molar-refractivity contribution is 0.771. The minimum Gasteiger partial charge on any atom is -0.300 e. The van der Waals surface area contributed by atoms with E-state index in [1.54, 1.807) is 0 Å². The number of halogens is 1. The molecule has 0 saturated carbocycles. The van der Waals surface area contributed by atoms with Crippen molar-refractivity contribution in [1.82, 2.24) is 14.8 Å². The van der Waals surface area contributed by atoms with Crippen molar-refractivity contribution in [3.63, 3.8) is 0 Å². The number of hydrogen-bond acceptors (Lipinski definition) is 4. The van der Waals surface area contributed by atoms with Crippen molar-refractivity contribution in [2.45, 2.75) is 12.8 Å². The van der Waals surface area contributed by atoms with Crippen LogP contribution in [0.2, 0.25) is 5.02 Å². The summed E-state index contributed by atoms with van der Waals surface area (Å²) >= 11 is 5.83. The smallest absolute Gasteiger partial charge is 0.238 e. The van der Waals surface area contributed by atoms with Crippen LogP contribution in [0.4, 0.5) is 5.95 Å². The monoisotopic (exact) mass is 251 g/mol. The largest absolute Gasteiger partial charge is 0.300 e. The Labute approximate surface area is 105 Å². The average Bonchev–Trinajstić information content (AvgIpc) is 2.69. The van der Waals surface area contributed by atoms with Crippen molar-refractivity contribution < 1.29 is 0 Å². The number of nitrogens with zero attached hydrogens (tertiary/aromatic N) is 3. The first kappa shape index (κ1) is 11.9. The molecular weight excluding hydrogens is 238 g/mol. The zero-order valence-corrected chi connectivity index (χ0v) is 10.3. The molecule has 1 aromatic carbocycles. The van der Waals surface area contributed by atoms with Crippen molar-refractivity contribution >= 4 is 17.5 Å². The Kier molecular flexibility index (Phi) is 3.61. The SMILES string of the molecule is Cn1c(CCc2ccc(Cl)cc2)nnc1NN. The Morgan fingerprint density at radius 3 is 2.53 bits per heavy atom. The fraction of sp³-hybridized carbons (Fsp3) is 0.273. The standard InChI is InChI=1S/C11H14ClN5/c1-17-10(15-16-11(17)14-13)7-4-8-2-5-9(12)6-3-8/h2-3,5-6H,4,7,13H2,1H3,(H,14,16). The first-order chi connectivity index (χ1) is 8.20. The number of hydrogen-bond donors (Lipinski definition) is 2. The summed E-state index contributed by atoms with van der Waals surface area (Å²) in [7, 11) is 1.88. The molecule has 1 heterocycles. The van der Waals surface area contributed by atoms with Gasteiger partial charge in [-0.25, -0.2) is 5.84 Å². The molecule has 0 bridgehead atoms. The van der Waals surface area contributed by atoms with E-state index in [2.05, 4.69) is 15.6 Å². The summed E-state index contributed by atoms with van der Waals surface area (Å²) < 4.78 is 1.84. The normalized spacial score (nSPS) is 10.5. The summed E-state index contributed by atoms with van der Waals surface area (Å²) in [6.45, 7) is 0. The molecule has 17 heavy (non-hydrogen) atoms. The Hall–Kier alpha value is -1.59. The van der Waals surface area contributed by atoms with Gasteiger partial charge in [0.25, 0.3) is 0 Å². The Balaban J connectivity index is 2.02. The number of anilines is 1. The van der Waals surface area contributed by atoms with E-state index >= 15 is 0 Å². The number of nitrogen functional groups attached to an aromatic ring is 1. The molecular formula is C11H14ClN5. The quantitative estimate of drug-likeness (QED) is 0.639. The van der Waals surface area contributed by atoms with E-state index in [9.17, 15) is 0 Å². The van der Waals surface area contributed by atoms with Crippen LogP contribution in [0.3, 0.4) is 0 Å². The summed E-state index contributed by atoms with van der Waals surface area (Å²) in [5.74, 6) is 6.76. The average molecular weight is 252 g/mol. The van der Waals surface area contributed by atoms with Crippen LogP contribution < -0.4 is 11.3 Å². The fourth-order valence-electron chi connectivity index (χ4n) is 1.61. The van der Waals surface area contributed by atoms with Gasteiger partial charge in [0.15, 0.2) is 0 Å². The highest BCUT2D eigenvalue weighted by Gasteiger charge is 2.06. The van der Waals surface area contributed by atoms with Crippen LogP contribution in [0.5, 0.6) is 0 Å². The number of aryl methyl sites for hydroxylation is 2. The molecule has 0 aliphatic carbocycles. The van der Waals surface area contributed by atoms with E-state index in [1.807, 2.05) is 35.9 Å². The van der Waals surface area contributed by atoms with Crippen molar-refractivity contribution in [3.8, 4) is 0 Å². The first-order valence-corrected chi connectivity index (χ1v) is 5.68. The lowest BCUT2D eigenvalue weighted by atomic mass is 10.1. The number of aromatic nitrogens is 3. The molecule has 0 aliphatic heterocycles. The van der Waals surface area contributed by atoms with Crippen molar-refractivity contribution in [3.05, 3.63) is 40.7 Å². The number of rotatable bonds is 4. The van der Waals surface area contributed by atoms with Crippen molar-refractivity contribution in [2.75, 3.05) is 5.43 Å². The van der Waals surface area contributed by atoms with Gasteiger partial charge in [0.1, 0.15) is 5.82 Å². The molecule has 90 valence electrons. The highest BCUT2D eigenvalue weighted by molar-refractivity contribution is 6.30. The maximum atomic E-state index is 5.83. The topological polar surface area (TPSA) is 68.8 Å². The van der Waals surface area contributed by atoms with Gasteiger partial charge in [0, 0.05) is 18.5 Å². The maximum Gasteiger partial charge on any atom is 0.238 e. The van der Waals surface area contributed by atoms with Crippen LogP contribution in [0, 0.1) is 0 Å². The highest BCUT2D eigenvalue weighted by atomic mass is 35.5. The van der Waals surface area contributed by atoms with Gasteiger partial charge in [-0.05, 0) is 24.1 Å². The number of hydrazine groups is 1. The first-order valence-electron chi connectivity index (χ1n) is 5.30.